The Balaban J connectivity index is 2.12. The van der Waals surface area contributed by atoms with Gasteiger partial charge in [-0.1, -0.05) is 12.1 Å². The van der Waals surface area contributed by atoms with Crippen molar-refractivity contribution in [3.63, 3.8) is 0 Å². The minimum Gasteiger partial charge on any atom is -0.475 e. The minimum atomic E-state index is 0.0581. The molecular formula is C16H21N3O2. The van der Waals surface area contributed by atoms with E-state index in [2.05, 4.69) is 9.97 Å². The second-order valence-electron chi connectivity index (χ2n) is 5.08. The molecule has 1 aromatic heterocycles. The van der Waals surface area contributed by atoms with Crippen LogP contribution in [0.15, 0.2) is 30.3 Å². The van der Waals surface area contributed by atoms with Gasteiger partial charge in [0.2, 0.25) is 5.88 Å². The molecule has 0 saturated heterocycles. The van der Waals surface area contributed by atoms with E-state index in [0.29, 0.717) is 18.2 Å². The van der Waals surface area contributed by atoms with Crippen LogP contribution < -0.4 is 15.2 Å². The third-order valence-corrected chi connectivity index (χ3v) is 2.73. The van der Waals surface area contributed by atoms with Crippen LogP contribution in [-0.4, -0.2) is 22.6 Å². The molecular weight excluding hydrogens is 266 g/mol. The lowest BCUT2D eigenvalue weighted by atomic mass is 10.1. The Morgan fingerprint density at radius 1 is 1.14 bits per heavy atom. The van der Waals surface area contributed by atoms with Crippen molar-refractivity contribution in [3.05, 3.63) is 41.6 Å². The van der Waals surface area contributed by atoms with Gasteiger partial charge in [-0.25, -0.2) is 0 Å². The molecule has 1 heterocycles. The van der Waals surface area contributed by atoms with Crippen molar-refractivity contribution in [2.24, 2.45) is 5.73 Å². The molecule has 0 fully saturated rings. The van der Waals surface area contributed by atoms with Crippen LogP contribution in [0.3, 0.4) is 0 Å². The first kappa shape index (κ1) is 15.3. The molecule has 2 aromatic rings. The molecule has 0 amide bonds. The average molecular weight is 287 g/mol. The molecule has 5 nitrogen and oxygen atoms in total. The Morgan fingerprint density at radius 2 is 1.86 bits per heavy atom. The molecule has 0 bridgehead atoms. The molecule has 0 spiro atoms. The van der Waals surface area contributed by atoms with Crippen LogP contribution in [0, 0.1) is 6.92 Å². The van der Waals surface area contributed by atoms with Crippen molar-refractivity contribution < 1.29 is 9.47 Å². The molecule has 0 atom stereocenters. The number of hydrogen-bond donors (Lipinski definition) is 1. The summed E-state index contributed by atoms with van der Waals surface area (Å²) >= 11 is 0. The van der Waals surface area contributed by atoms with Gasteiger partial charge in [-0.3, -0.25) is 0 Å². The van der Waals surface area contributed by atoms with Crippen molar-refractivity contribution in [2.45, 2.75) is 33.3 Å². The first-order chi connectivity index (χ1) is 10.1. The Hall–Kier alpha value is -2.14. The smallest absolute Gasteiger partial charge is 0.325 e. The van der Waals surface area contributed by atoms with Crippen LogP contribution in [0.5, 0.6) is 17.6 Å². The summed E-state index contributed by atoms with van der Waals surface area (Å²) in [5.74, 6) is 1.21. The summed E-state index contributed by atoms with van der Waals surface area (Å²) in [5, 5.41) is 0. The third-order valence-electron chi connectivity index (χ3n) is 2.73. The van der Waals surface area contributed by atoms with Crippen LogP contribution in [0.2, 0.25) is 0 Å². The van der Waals surface area contributed by atoms with Gasteiger partial charge in [-0.05, 0) is 51.4 Å². The van der Waals surface area contributed by atoms with Gasteiger partial charge in [-0.2, -0.15) is 9.97 Å². The van der Waals surface area contributed by atoms with Crippen molar-refractivity contribution in [1.29, 1.82) is 0 Å². The first-order valence-electron chi connectivity index (χ1n) is 7.06. The number of nitrogens with zero attached hydrogens (tertiary/aromatic N) is 2. The highest BCUT2D eigenvalue weighted by molar-refractivity contribution is 5.30. The SMILES string of the molecule is Cc1cc(OC(C)C)nc(Oc2ccc(CCN)cc2)n1. The number of ether oxygens (including phenoxy) is 2. The Labute approximate surface area is 125 Å². The van der Waals surface area contributed by atoms with Crippen molar-refractivity contribution in [2.75, 3.05) is 6.54 Å². The summed E-state index contributed by atoms with van der Waals surface area (Å²) in [5.41, 5.74) is 7.51. The zero-order valence-corrected chi connectivity index (χ0v) is 12.7. The Bertz CT molecular complexity index is 583. The summed E-state index contributed by atoms with van der Waals surface area (Å²) in [6.45, 7) is 6.42. The fourth-order valence-electron chi connectivity index (χ4n) is 1.86. The molecule has 112 valence electrons. The molecule has 0 unspecified atom stereocenters. The zero-order chi connectivity index (χ0) is 15.2. The van der Waals surface area contributed by atoms with E-state index in [4.69, 9.17) is 15.2 Å². The predicted molar refractivity (Wildman–Crippen MR) is 81.8 cm³/mol. The van der Waals surface area contributed by atoms with E-state index in [0.717, 1.165) is 12.1 Å². The summed E-state index contributed by atoms with van der Waals surface area (Å²) in [6, 6.07) is 9.83. The number of nitrogens with two attached hydrogens (primary N) is 1. The number of benzene rings is 1. The highest BCUT2D eigenvalue weighted by Gasteiger charge is 2.07. The van der Waals surface area contributed by atoms with Gasteiger partial charge in [0.25, 0.3) is 0 Å². The second kappa shape index (κ2) is 7.04. The quantitative estimate of drug-likeness (QED) is 0.884. The monoisotopic (exact) mass is 287 g/mol. The van der Waals surface area contributed by atoms with Crippen molar-refractivity contribution in [1.82, 2.24) is 9.97 Å². The average Bonchev–Trinajstić information content (AvgIpc) is 2.40. The van der Waals surface area contributed by atoms with Crippen molar-refractivity contribution >= 4 is 0 Å². The lowest BCUT2D eigenvalue weighted by molar-refractivity contribution is 0.229. The maximum absolute atomic E-state index is 5.68. The Morgan fingerprint density at radius 3 is 2.48 bits per heavy atom. The molecule has 2 rings (SSSR count). The minimum absolute atomic E-state index is 0.0581. The summed E-state index contributed by atoms with van der Waals surface area (Å²) in [7, 11) is 0. The van der Waals surface area contributed by atoms with E-state index in [9.17, 15) is 0 Å². The lowest BCUT2D eigenvalue weighted by Crippen LogP contribution is -2.08. The van der Waals surface area contributed by atoms with Crippen LogP contribution >= 0.6 is 0 Å². The van der Waals surface area contributed by atoms with E-state index in [-0.39, 0.29) is 12.1 Å². The second-order valence-corrected chi connectivity index (χ2v) is 5.08. The molecule has 0 aliphatic carbocycles. The summed E-state index contributed by atoms with van der Waals surface area (Å²) in [6.07, 6.45) is 0.913. The number of aromatic nitrogens is 2. The molecule has 0 aliphatic heterocycles. The van der Waals surface area contributed by atoms with E-state index < -0.39 is 0 Å². The third kappa shape index (κ3) is 4.72. The Kier molecular flexibility index (Phi) is 5.11. The van der Waals surface area contributed by atoms with Crippen molar-refractivity contribution in [3.8, 4) is 17.6 Å². The van der Waals surface area contributed by atoms with E-state index in [1.54, 1.807) is 6.07 Å². The number of aryl methyl sites for hydroxylation is 1. The largest absolute Gasteiger partial charge is 0.475 e. The molecule has 0 saturated carbocycles. The van der Waals surface area contributed by atoms with Gasteiger partial charge in [0.05, 0.1) is 6.10 Å². The topological polar surface area (TPSA) is 70.3 Å². The zero-order valence-electron chi connectivity index (χ0n) is 12.7. The molecule has 0 radical (unpaired) electrons. The van der Waals surface area contributed by atoms with Crippen LogP contribution in [0.25, 0.3) is 0 Å². The van der Waals surface area contributed by atoms with Gasteiger partial charge >= 0.3 is 6.01 Å². The van der Waals surface area contributed by atoms with Gasteiger partial charge in [0.15, 0.2) is 0 Å². The fraction of sp³-hybridized carbons (Fsp3) is 0.375. The molecule has 1 aromatic carbocycles. The van der Waals surface area contributed by atoms with Gasteiger partial charge in [-0.15, -0.1) is 0 Å². The van der Waals surface area contributed by atoms with E-state index >= 15 is 0 Å². The van der Waals surface area contributed by atoms with Crippen LogP contribution in [-0.2, 0) is 6.42 Å². The van der Waals surface area contributed by atoms with E-state index in [1.165, 1.54) is 5.56 Å². The molecule has 21 heavy (non-hydrogen) atoms. The van der Waals surface area contributed by atoms with E-state index in [1.807, 2.05) is 45.0 Å². The van der Waals surface area contributed by atoms with Crippen LogP contribution in [0.4, 0.5) is 0 Å². The highest BCUT2D eigenvalue weighted by atomic mass is 16.5. The predicted octanol–water partition coefficient (Wildman–Crippen LogP) is 2.87. The standard InChI is InChI=1S/C16H21N3O2/c1-11(2)20-15-10-12(3)18-16(19-15)21-14-6-4-13(5-7-14)8-9-17/h4-7,10-11H,8-9,17H2,1-3H3. The maximum Gasteiger partial charge on any atom is 0.325 e. The highest BCUT2D eigenvalue weighted by Crippen LogP contribution is 2.21. The molecule has 0 aliphatic rings. The number of rotatable bonds is 6. The lowest BCUT2D eigenvalue weighted by Gasteiger charge is -2.11. The normalized spacial score (nSPS) is 10.7. The van der Waals surface area contributed by atoms with Gasteiger partial charge in [0, 0.05) is 11.8 Å². The molecule has 5 heteroatoms. The van der Waals surface area contributed by atoms with Gasteiger partial charge < -0.3 is 15.2 Å². The fourth-order valence-corrected chi connectivity index (χ4v) is 1.86. The first-order valence-corrected chi connectivity index (χ1v) is 7.06. The number of hydrogen-bond acceptors (Lipinski definition) is 5. The summed E-state index contributed by atoms with van der Waals surface area (Å²) in [4.78, 5) is 8.51. The van der Waals surface area contributed by atoms with Gasteiger partial charge in [0.1, 0.15) is 5.75 Å². The summed E-state index contributed by atoms with van der Waals surface area (Å²) < 4.78 is 11.3. The van der Waals surface area contributed by atoms with Crippen LogP contribution in [0.1, 0.15) is 25.1 Å². The maximum atomic E-state index is 5.68. The molecule has 2 N–H and O–H groups in total.